The van der Waals surface area contributed by atoms with Gasteiger partial charge in [-0.05, 0) is 23.7 Å². The molecule has 6 aromatic carbocycles. The maximum atomic E-state index is 3.06. The summed E-state index contributed by atoms with van der Waals surface area (Å²) in [4.78, 5) is 0. The van der Waals surface area contributed by atoms with Crippen molar-refractivity contribution in [1.82, 2.24) is 0 Å². The first-order chi connectivity index (χ1) is 22.0. The molecule has 0 amide bonds. The van der Waals surface area contributed by atoms with Gasteiger partial charge in [-0.1, -0.05) is 104 Å². The van der Waals surface area contributed by atoms with Gasteiger partial charge in [-0.2, -0.15) is 84.9 Å². The molecular weight excluding hydrogens is 719 g/mol. The van der Waals surface area contributed by atoms with Crippen molar-refractivity contribution >= 4 is 53.2 Å². The Labute approximate surface area is 321 Å². The van der Waals surface area contributed by atoms with E-state index < -0.39 is 0 Å². The fraction of sp³-hybridized carbons (Fsp3) is 0.318. The molecule has 0 atom stereocenters. The van der Waals surface area contributed by atoms with Crippen LogP contribution in [0.2, 0.25) is 0 Å². The minimum Gasteiger partial charge on any atom is -0.184 e. The zero-order valence-electron chi connectivity index (χ0n) is 30.5. The van der Waals surface area contributed by atoms with E-state index in [0.29, 0.717) is 23.7 Å². The summed E-state index contributed by atoms with van der Waals surface area (Å²) in [5.41, 5.74) is 8.66. The van der Waals surface area contributed by atoms with Gasteiger partial charge >= 0.3 is 30.2 Å². The molecule has 6 rings (SSSR count). The Hall–Kier alpha value is -2.22. The second-order valence-corrected chi connectivity index (χ2v) is 13.1. The molecule has 48 heavy (non-hydrogen) atoms. The fourth-order valence-corrected chi connectivity index (χ4v) is 5.35. The van der Waals surface area contributed by atoms with Crippen molar-refractivity contribution in [3.05, 3.63) is 155 Å². The average molecular weight is 773 g/mol. The number of hydrogen-bond acceptors (Lipinski definition) is 0. The number of rotatable bonds is 4. The van der Waals surface area contributed by atoms with E-state index in [0.717, 1.165) is 0 Å². The Bertz CT molecular complexity index is 1520. The molecule has 0 aliphatic rings. The average Bonchev–Trinajstić information content (AvgIpc) is 3.63. The SMILES string of the molecule is Cc1cc2c(C(C)C)cc(C(C)C)cc2[cH-]1.Cc1cc2c(C(C)C)cc(C(C)C)cc2[cH-]1.Cl.Cl.[Si]=[Zr].[c-]1ccccc1.[c-]1ccccc1. The van der Waals surface area contributed by atoms with E-state index in [1.807, 2.05) is 60.7 Å². The third kappa shape index (κ3) is 14.7. The molecule has 0 saturated carbocycles. The van der Waals surface area contributed by atoms with Gasteiger partial charge in [0.25, 0.3) is 0 Å². The van der Waals surface area contributed by atoms with Crippen LogP contribution >= 0.6 is 24.8 Å². The predicted molar refractivity (Wildman–Crippen MR) is 216 cm³/mol. The largest absolute Gasteiger partial charge is 0.184 e. The molecule has 2 radical (unpaired) electrons. The van der Waals surface area contributed by atoms with Crippen molar-refractivity contribution in [2.75, 3.05) is 0 Å². The monoisotopic (exact) mass is 770 g/mol. The zero-order chi connectivity index (χ0) is 34.2. The summed E-state index contributed by atoms with van der Waals surface area (Å²) in [6.07, 6.45) is 0. The first kappa shape index (κ1) is 45.8. The molecule has 0 unspecified atom stereocenters. The predicted octanol–water partition coefficient (Wildman–Crippen LogP) is 13.7. The van der Waals surface area contributed by atoms with Gasteiger partial charge in [-0.25, -0.2) is 0 Å². The van der Waals surface area contributed by atoms with E-state index in [2.05, 4.69) is 137 Å². The summed E-state index contributed by atoms with van der Waals surface area (Å²) in [7, 11) is 0. The van der Waals surface area contributed by atoms with Crippen molar-refractivity contribution in [1.29, 1.82) is 0 Å². The normalized spacial score (nSPS) is 10.0. The van der Waals surface area contributed by atoms with E-state index in [1.165, 1.54) is 78.3 Å². The summed E-state index contributed by atoms with van der Waals surface area (Å²) < 4.78 is 0. The number of halogens is 2. The minimum atomic E-state index is 0. The maximum absolute atomic E-state index is 3.06. The number of hydrogen-bond donors (Lipinski definition) is 0. The van der Waals surface area contributed by atoms with Crippen LogP contribution in [0.4, 0.5) is 0 Å². The topological polar surface area (TPSA) is 0 Å². The summed E-state index contributed by atoms with van der Waals surface area (Å²) >= 11 is 1.36. The summed E-state index contributed by atoms with van der Waals surface area (Å²) in [6, 6.07) is 43.7. The van der Waals surface area contributed by atoms with Gasteiger partial charge in [0.1, 0.15) is 0 Å². The Morgan fingerprint density at radius 1 is 0.479 bits per heavy atom. The first-order valence-electron chi connectivity index (χ1n) is 16.5. The van der Waals surface area contributed by atoms with Crippen molar-refractivity contribution in [2.24, 2.45) is 0 Å². The zero-order valence-corrected chi connectivity index (χ0v) is 35.6. The molecule has 0 nitrogen and oxygen atoms in total. The number of aryl methyl sites for hydroxylation is 2. The quantitative estimate of drug-likeness (QED) is 0.124. The molecule has 0 aliphatic carbocycles. The number of benzene rings is 4. The third-order valence-electron chi connectivity index (χ3n) is 7.83. The van der Waals surface area contributed by atoms with Gasteiger partial charge in [-0.15, -0.1) is 81.8 Å². The molecule has 0 N–H and O–H groups in total. The Balaban J connectivity index is 0.000000644. The van der Waals surface area contributed by atoms with E-state index >= 15 is 0 Å². The minimum absolute atomic E-state index is 0. The second kappa shape index (κ2) is 24.0. The van der Waals surface area contributed by atoms with Crippen LogP contribution in [0.15, 0.2) is 109 Å². The summed E-state index contributed by atoms with van der Waals surface area (Å²) in [5, 5.41) is 5.70. The smallest absolute Gasteiger partial charge is 0.171 e. The second-order valence-electron chi connectivity index (χ2n) is 13.1. The van der Waals surface area contributed by atoms with Crippen molar-refractivity contribution in [3.63, 3.8) is 0 Å². The molecule has 6 aromatic rings. The molecule has 0 bridgehead atoms. The van der Waals surface area contributed by atoms with Crippen LogP contribution in [0.1, 0.15) is 112 Å². The molecule has 0 heterocycles. The van der Waals surface area contributed by atoms with Crippen LogP contribution in [-0.4, -0.2) is 6.88 Å². The van der Waals surface area contributed by atoms with E-state index in [4.69, 9.17) is 0 Å². The Morgan fingerprint density at radius 2 is 0.792 bits per heavy atom. The van der Waals surface area contributed by atoms with Crippen molar-refractivity contribution in [2.45, 2.75) is 92.9 Å². The Morgan fingerprint density at radius 3 is 1.00 bits per heavy atom. The van der Waals surface area contributed by atoms with Crippen LogP contribution in [0.3, 0.4) is 0 Å². The standard InChI is InChI=1S/2C16H21.2C6H5.2ClH.Si.Zr/c2*1-10(2)13-8-14-6-12(5)7-16(14)15(9-13)11(3)4;2*1-2-4-6-5-3-1;;;;/h2*6-11H,1-5H3;2*1-5H;2*1H;;/q4*-1;;;;. The van der Waals surface area contributed by atoms with Crippen LogP contribution < -0.4 is 0 Å². The molecule has 0 spiro atoms. The van der Waals surface area contributed by atoms with Gasteiger partial charge < -0.3 is 0 Å². The fourth-order valence-electron chi connectivity index (χ4n) is 5.35. The van der Waals surface area contributed by atoms with Gasteiger partial charge in [0.2, 0.25) is 0 Å². The molecule has 4 heteroatoms. The van der Waals surface area contributed by atoms with Crippen LogP contribution in [-0.2, 0) is 23.3 Å². The van der Waals surface area contributed by atoms with Crippen molar-refractivity contribution < 1.29 is 23.3 Å². The van der Waals surface area contributed by atoms with Crippen molar-refractivity contribution in [3.8, 4) is 0 Å². The van der Waals surface area contributed by atoms with Gasteiger partial charge in [0.15, 0.2) is 0 Å². The molecule has 0 fully saturated rings. The van der Waals surface area contributed by atoms with Gasteiger partial charge in [0, 0.05) is 0 Å². The van der Waals surface area contributed by atoms with Crippen LogP contribution in [0.25, 0.3) is 21.5 Å². The van der Waals surface area contributed by atoms with Gasteiger partial charge in [-0.3, -0.25) is 0 Å². The van der Waals surface area contributed by atoms with E-state index in [1.54, 1.807) is 0 Å². The maximum Gasteiger partial charge on any atom is -0.171 e. The first-order valence-corrected chi connectivity index (χ1v) is 20.7. The molecule has 0 saturated heterocycles. The Kier molecular flexibility index (Phi) is 22.9. The summed E-state index contributed by atoms with van der Waals surface area (Å²) in [6.45, 7) is 25.6. The molecule has 0 aliphatic heterocycles. The number of fused-ring (bicyclic) bond motifs is 2. The molecule has 256 valence electrons. The van der Waals surface area contributed by atoms with Crippen LogP contribution in [0.5, 0.6) is 0 Å². The van der Waals surface area contributed by atoms with Crippen LogP contribution in [0, 0.1) is 26.0 Å². The molecular formula is C44H54Cl2SiZr-4. The summed E-state index contributed by atoms with van der Waals surface area (Å²) in [5.74, 6) is 2.42. The third-order valence-corrected chi connectivity index (χ3v) is 7.83. The van der Waals surface area contributed by atoms with E-state index in [9.17, 15) is 0 Å². The van der Waals surface area contributed by atoms with Gasteiger partial charge in [0.05, 0.1) is 0 Å². The molecule has 0 aromatic heterocycles. The van der Waals surface area contributed by atoms with E-state index in [-0.39, 0.29) is 24.8 Å².